The lowest BCUT2D eigenvalue weighted by Crippen LogP contribution is -2.42. The fourth-order valence-electron chi connectivity index (χ4n) is 3.27. The minimum Gasteiger partial charge on any atom is -0.478 e. The van der Waals surface area contributed by atoms with Crippen molar-refractivity contribution in [1.29, 1.82) is 0 Å². The van der Waals surface area contributed by atoms with Crippen molar-refractivity contribution in [2.45, 2.75) is 19.4 Å². The van der Waals surface area contributed by atoms with Crippen molar-refractivity contribution in [3.05, 3.63) is 88.9 Å². The van der Waals surface area contributed by atoms with Crippen LogP contribution < -0.4 is 15.0 Å². The number of hydrogen-bond donors (Lipinski definition) is 1. The van der Waals surface area contributed by atoms with Crippen molar-refractivity contribution in [2.24, 2.45) is 0 Å². The number of nitrogens with zero attached hydrogens (tertiary/aromatic N) is 1. The van der Waals surface area contributed by atoms with E-state index in [1.165, 1.54) is 0 Å². The molecular formula is C24H19ClN2O4. The number of carbonyl (C=O) groups is 3. The van der Waals surface area contributed by atoms with Gasteiger partial charge >= 0.3 is 0 Å². The molecule has 3 aromatic carbocycles. The molecule has 156 valence electrons. The van der Waals surface area contributed by atoms with Gasteiger partial charge in [-0.05, 0) is 68.4 Å². The number of imide groups is 1. The van der Waals surface area contributed by atoms with E-state index in [4.69, 9.17) is 16.3 Å². The van der Waals surface area contributed by atoms with Crippen LogP contribution in [0.3, 0.4) is 0 Å². The SMILES string of the molecule is CC(C)(Oc1ccc(Cl)cc1)C(=O)Nc1cccc(N2C(=O)c3ccccc3C2=O)c1. The lowest BCUT2D eigenvalue weighted by Gasteiger charge is -2.25. The quantitative estimate of drug-likeness (QED) is 0.577. The number of rotatable bonds is 5. The molecule has 0 unspecified atom stereocenters. The molecule has 0 atom stereocenters. The van der Waals surface area contributed by atoms with E-state index >= 15 is 0 Å². The van der Waals surface area contributed by atoms with Crippen LogP contribution in [0.15, 0.2) is 72.8 Å². The summed E-state index contributed by atoms with van der Waals surface area (Å²) in [6.07, 6.45) is 0. The van der Waals surface area contributed by atoms with Crippen LogP contribution in [0.4, 0.5) is 11.4 Å². The average molecular weight is 435 g/mol. The van der Waals surface area contributed by atoms with Crippen molar-refractivity contribution in [3.8, 4) is 5.75 Å². The molecule has 1 aliphatic heterocycles. The van der Waals surface area contributed by atoms with E-state index in [1.54, 1.807) is 86.6 Å². The molecular weight excluding hydrogens is 416 g/mol. The minimum atomic E-state index is -1.18. The summed E-state index contributed by atoms with van der Waals surface area (Å²) < 4.78 is 5.81. The number of fused-ring (bicyclic) bond motifs is 1. The lowest BCUT2D eigenvalue weighted by molar-refractivity contribution is -0.128. The maximum atomic E-state index is 12.8. The number of ether oxygens (including phenoxy) is 1. The van der Waals surface area contributed by atoms with Gasteiger partial charge in [0.1, 0.15) is 5.75 Å². The molecule has 0 fully saturated rings. The van der Waals surface area contributed by atoms with E-state index < -0.39 is 17.4 Å². The van der Waals surface area contributed by atoms with Gasteiger partial charge in [0.25, 0.3) is 17.7 Å². The third kappa shape index (κ3) is 4.02. The first kappa shape index (κ1) is 20.6. The summed E-state index contributed by atoms with van der Waals surface area (Å²) in [6, 6.07) is 20.0. The molecule has 3 amide bonds. The van der Waals surface area contributed by atoms with Gasteiger partial charge in [-0.1, -0.05) is 29.8 Å². The van der Waals surface area contributed by atoms with E-state index in [-0.39, 0.29) is 5.91 Å². The van der Waals surface area contributed by atoms with Crippen LogP contribution in [-0.4, -0.2) is 23.3 Å². The summed E-state index contributed by atoms with van der Waals surface area (Å²) in [7, 11) is 0. The molecule has 31 heavy (non-hydrogen) atoms. The normalized spacial score (nSPS) is 13.2. The zero-order valence-corrected chi connectivity index (χ0v) is 17.6. The molecule has 1 N–H and O–H groups in total. The molecule has 4 rings (SSSR count). The van der Waals surface area contributed by atoms with Crippen molar-refractivity contribution in [3.63, 3.8) is 0 Å². The topological polar surface area (TPSA) is 75.7 Å². The Kier molecular flexibility index (Phi) is 5.25. The fraction of sp³-hybridized carbons (Fsp3) is 0.125. The van der Waals surface area contributed by atoms with Crippen LogP contribution in [0.25, 0.3) is 0 Å². The predicted molar refractivity (Wildman–Crippen MR) is 119 cm³/mol. The summed E-state index contributed by atoms with van der Waals surface area (Å²) in [6.45, 7) is 3.29. The Morgan fingerprint density at radius 3 is 2.13 bits per heavy atom. The maximum Gasteiger partial charge on any atom is 0.267 e. The monoisotopic (exact) mass is 434 g/mol. The van der Waals surface area contributed by atoms with Gasteiger partial charge in [0.2, 0.25) is 0 Å². The number of halogens is 1. The van der Waals surface area contributed by atoms with E-state index in [2.05, 4.69) is 5.32 Å². The molecule has 0 radical (unpaired) electrons. The predicted octanol–water partition coefficient (Wildman–Crippen LogP) is 4.94. The molecule has 0 aromatic heterocycles. The van der Waals surface area contributed by atoms with Crippen LogP contribution in [0.2, 0.25) is 5.02 Å². The van der Waals surface area contributed by atoms with Crippen LogP contribution in [-0.2, 0) is 4.79 Å². The Morgan fingerprint density at radius 2 is 1.52 bits per heavy atom. The Hall–Kier alpha value is -3.64. The molecule has 0 saturated carbocycles. The Morgan fingerprint density at radius 1 is 0.903 bits per heavy atom. The number of nitrogens with one attached hydrogen (secondary N) is 1. The van der Waals surface area contributed by atoms with Crippen molar-refractivity contribution < 1.29 is 19.1 Å². The van der Waals surface area contributed by atoms with Crippen LogP contribution in [0, 0.1) is 0 Å². The van der Waals surface area contributed by atoms with E-state index in [0.717, 1.165) is 4.90 Å². The number of hydrogen-bond acceptors (Lipinski definition) is 4. The molecule has 1 aliphatic rings. The third-order valence-electron chi connectivity index (χ3n) is 4.89. The van der Waals surface area contributed by atoms with Crippen LogP contribution in [0.5, 0.6) is 5.75 Å². The molecule has 7 heteroatoms. The Labute approximate surface area is 184 Å². The summed E-state index contributed by atoms with van der Waals surface area (Å²) in [5.74, 6) is -0.669. The highest BCUT2D eigenvalue weighted by Crippen LogP contribution is 2.30. The molecule has 3 aromatic rings. The molecule has 0 bridgehead atoms. The highest BCUT2D eigenvalue weighted by atomic mass is 35.5. The first-order valence-corrected chi connectivity index (χ1v) is 9.98. The van der Waals surface area contributed by atoms with Gasteiger partial charge in [0, 0.05) is 10.7 Å². The van der Waals surface area contributed by atoms with Crippen LogP contribution >= 0.6 is 11.6 Å². The van der Waals surface area contributed by atoms with Crippen molar-refractivity contribution in [1.82, 2.24) is 0 Å². The molecule has 0 aliphatic carbocycles. The smallest absolute Gasteiger partial charge is 0.267 e. The standard InChI is InChI=1S/C24H19ClN2O4/c1-24(2,31-18-12-10-15(25)11-13-18)23(30)26-16-6-5-7-17(14-16)27-21(28)19-8-3-4-9-20(19)22(27)29/h3-14H,1-2H3,(H,26,30). The maximum absolute atomic E-state index is 12.8. The lowest BCUT2D eigenvalue weighted by atomic mass is 10.1. The largest absolute Gasteiger partial charge is 0.478 e. The molecule has 0 spiro atoms. The number of anilines is 2. The Balaban J connectivity index is 1.52. The van der Waals surface area contributed by atoms with Gasteiger partial charge in [-0.15, -0.1) is 0 Å². The van der Waals surface area contributed by atoms with Gasteiger partial charge in [-0.2, -0.15) is 0 Å². The molecule has 1 heterocycles. The Bertz CT molecular complexity index is 1150. The molecule has 0 saturated heterocycles. The van der Waals surface area contributed by atoms with E-state index in [9.17, 15) is 14.4 Å². The minimum absolute atomic E-state index is 0.361. The summed E-state index contributed by atoms with van der Waals surface area (Å²) >= 11 is 5.88. The van der Waals surface area contributed by atoms with Crippen LogP contribution in [0.1, 0.15) is 34.6 Å². The zero-order valence-electron chi connectivity index (χ0n) is 16.9. The van der Waals surface area contributed by atoms with Crippen molar-refractivity contribution >= 4 is 40.7 Å². The summed E-state index contributed by atoms with van der Waals surface area (Å²) in [5.41, 5.74) is 0.352. The summed E-state index contributed by atoms with van der Waals surface area (Å²) in [5, 5.41) is 3.36. The first-order chi connectivity index (χ1) is 14.8. The second-order valence-corrected chi connectivity index (χ2v) is 8.00. The number of benzene rings is 3. The molecule has 6 nitrogen and oxygen atoms in total. The number of amides is 3. The zero-order chi connectivity index (χ0) is 22.2. The fourth-order valence-corrected chi connectivity index (χ4v) is 3.40. The third-order valence-corrected chi connectivity index (χ3v) is 5.14. The van der Waals surface area contributed by atoms with Crippen molar-refractivity contribution in [2.75, 3.05) is 10.2 Å². The first-order valence-electron chi connectivity index (χ1n) is 9.60. The van der Waals surface area contributed by atoms with E-state index in [1.807, 2.05) is 0 Å². The van der Waals surface area contributed by atoms with Gasteiger partial charge in [-0.3, -0.25) is 14.4 Å². The number of carbonyl (C=O) groups excluding carboxylic acids is 3. The second-order valence-electron chi connectivity index (χ2n) is 7.56. The average Bonchev–Trinajstić information content (AvgIpc) is 3.00. The summed E-state index contributed by atoms with van der Waals surface area (Å²) in [4.78, 5) is 39.4. The van der Waals surface area contributed by atoms with Gasteiger partial charge < -0.3 is 10.1 Å². The second kappa shape index (κ2) is 7.89. The highest BCUT2D eigenvalue weighted by molar-refractivity contribution is 6.34. The van der Waals surface area contributed by atoms with Gasteiger partial charge in [0.05, 0.1) is 16.8 Å². The highest BCUT2D eigenvalue weighted by Gasteiger charge is 2.36. The van der Waals surface area contributed by atoms with Gasteiger partial charge in [0.15, 0.2) is 5.60 Å². The van der Waals surface area contributed by atoms with E-state index in [0.29, 0.717) is 33.3 Å². The van der Waals surface area contributed by atoms with Gasteiger partial charge in [-0.25, -0.2) is 4.90 Å².